The zero-order chi connectivity index (χ0) is 71.2. The van der Waals surface area contributed by atoms with E-state index in [4.69, 9.17) is 8.83 Å². The average Bonchev–Trinajstić information content (AvgIpc) is 1.55. The quantitative estimate of drug-likeness (QED) is 0.145. The van der Waals surface area contributed by atoms with Crippen LogP contribution in [0.5, 0.6) is 0 Å². The number of benzene rings is 17. The van der Waals surface area contributed by atoms with E-state index in [9.17, 15) is 0 Å². The number of furan rings is 2. The summed E-state index contributed by atoms with van der Waals surface area (Å²) in [6.07, 6.45) is 0. The standard InChI is InChI=1S/C103H62N4O2/c1-5-24-63(25-6-1)65-28-21-35-72(54-65)104-91-43-18-14-39-76(91)85-60-88-81-50-52-83-79-48-46-68(57-98(79)109-102(83)100(81)107(96(88)62-93(85)104)73-36-22-29-66(55-73)64-26-7-2-8-27-64)67-47-53-90-84(56-67)75-38-13-17-42-89(75)103(90,69-30-9-3-10-31-69)70-32-23-37-74(58-70)105-92-44-19-15-40-77(92)86-59-87-80-49-51-82-78-41-16-20-45-97(78)108-101(82)99(80)106(95(87)61-94(86)105)71-33-11-4-12-34-71/h1-62H. The first-order valence-electron chi connectivity index (χ1n) is 37.5. The van der Waals surface area contributed by atoms with Crippen LogP contribution in [0.15, 0.2) is 385 Å². The molecule has 0 bridgehead atoms. The Hall–Kier alpha value is -14.5. The van der Waals surface area contributed by atoms with Gasteiger partial charge in [-0.1, -0.05) is 255 Å². The van der Waals surface area contributed by atoms with Crippen LogP contribution >= 0.6 is 0 Å². The first-order chi connectivity index (χ1) is 54.1. The van der Waals surface area contributed by atoms with Gasteiger partial charge in [0.25, 0.3) is 0 Å². The predicted octanol–water partition coefficient (Wildman–Crippen LogP) is 27.2. The minimum Gasteiger partial charge on any atom is -0.454 e. The van der Waals surface area contributed by atoms with Gasteiger partial charge in [-0.25, -0.2) is 0 Å². The van der Waals surface area contributed by atoms with Gasteiger partial charge in [-0.3, -0.25) is 0 Å². The van der Waals surface area contributed by atoms with Crippen molar-refractivity contribution >= 4 is 131 Å². The van der Waals surface area contributed by atoms with Gasteiger partial charge in [0.2, 0.25) is 0 Å². The Kier molecular flexibility index (Phi) is 12.5. The molecule has 6 heteroatoms. The summed E-state index contributed by atoms with van der Waals surface area (Å²) < 4.78 is 24.2. The SMILES string of the molecule is c1ccc(-c2cccc(-n3c4ccccc4c4cc5c6ccc7c8ccc(-c9ccc%10c(c9)-c9ccccc9C%10(c9ccccc9)c9cccc(-n%10c%11ccccc%11c%11cc%12c%13ccc%14c%15ccccc%15oc%14c%13n(-c%13ccccc%13)c%12cc%11%10)c9)cc8oc7c6n(-c6cccc(-c7ccccc7)c6)c5cc43)c2)cc1. The van der Waals surface area contributed by atoms with Crippen molar-refractivity contribution in [3.63, 3.8) is 0 Å². The van der Waals surface area contributed by atoms with Gasteiger partial charge < -0.3 is 27.1 Å². The summed E-state index contributed by atoms with van der Waals surface area (Å²) in [5.41, 5.74) is 30.2. The summed E-state index contributed by atoms with van der Waals surface area (Å²) in [5.74, 6) is 0. The lowest BCUT2D eigenvalue weighted by Gasteiger charge is -2.34. The molecular weight excluding hydrogens is 1330 g/mol. The van der Waals surface area contributed by atoms with E-state index in [1.807, 2.05) is 0 Å². The highest BCUT2D eigenvalue weighted by Gasteiger charge is 2.46. The van der Waals surface area contributed by atoms with E-state index in [0.717, 1.165) is 149 Å². The number of para-hydroxylation sites is 4. The van der Waals surface area contributed by atoms with Crippen LogP contribution in [0.4, 0.5) is 0 Å². The number of aromatic nitrogens is 4. The van der Waals surface area contributed by atoms with Crippen LogP contribution in [0, 0.1) is 0 Å². The molecule has 109 heavy (non-hydrogen) atoms. The van der Waals surface area contributed by atoms with Gasteiger partial charge in [0.15, 0.2) is 11.2 Å². The maximum atomic E-state index is 7.48. The molecule has 17 aromatic carbocycles. The molecule has 0 saturated heterocycles. The summed E-state index contributed by atoms with van der Waals surface area (Å²) in [4.78, 5) is 0. The van der Waals surface area contributed by atoms with E-state index in [-0.39, 0.29) is 0 Å². The molecular formula is C103H62N4O2. The van der Waals surface area contributed by atoms with Crippen molar-refractivity contribution in [3.05, 3.63) is 398 Å². The Labute approximate surface area is 625 Å². The van der Waals surface area contributed by atoms with Crippen LogP contribution in [0.1, 0.15) is 22.3 Å². The van der Waals surface area contributed by atoms with Crippen molar-refractivity contribution in [2.45, 2.75) is 5.41 Å². The molecule has 0 amide bonds. The van der Waals surface area contributed by atoms with Gasteiger partial charge >= 0.3 is 0 Å². The van der Waals surface area contributed by atoms with Gasteiger partial charge in [0, 0.05) is 87.4 Å². The second-order valence-electron chi connectivity index (χ2n) is 29.4. The highest BCUT2D eigenvalue weighted by Crippen LogP contribution is 2.58. The second kappa shape index (κ2) is 22.8. The van der Waals surface area contributed by atoms with E-state index in [0.29, 0.717) is 0 Å². The summed E-state index contributed by atoms with van der Waals surface area (Å²) >= 11 is 0. The maximum Gasteiger partial charge on any atom is 0.160 e. The lowest BCUT2D eigenvalue weighted by molar-refractivity contribution is 0.671. The number of rotatable bonds is 9. The van der Waals surface area contributed by atoms with Crippen molar-refractivity contribution < 1.29 is 8.83 Å². The third kappa shape index (κ3) is 8.51. The third-order valence-corrected chi connectivity index (χ3v) is 23.8. The highest BCUT2D eigenvalue weighted by atomic mass is 16.3. The summed E-state index contributed by atoms with van der Waals surface area (Å²) in [6.45, 7) is 0. The molecule has 0 fully saturated rings. The molecule has 1 aliphatic carbocycles. The van der Waals surface area contributed by atoms with E-state index < -0.39 is 5.41 Å². The minimum atomic E-state index is -0.687. The van der Waals surface area contributed by atoms with Crippen LogP contribution in [0.3, 0.4) is 0 Å². The normalized spacial score (nSPS) is 13.7. The molecule has 1 aliphatic rings. The van der Waals surface area contributed by atoms with E-state index in [1.54, 1.807) is 0 Å². The van der Waals surface area contributed by atoms with Crippen LogP contribution in [0.25, 0.3) is 198 Å². The van der Waals surface area contributed by atoms with E-state index >= 15 is 0 Å². The molecule has 0 N–H and O–H groups in total. The van der Waals surface area contributed by atoms with Crippen molar-refractivity contribution in [1.82, 2.24) is 18.3 Å². The molecule has 6 nitrogen and oxygen atoms in total. The summed E-state index contributed by atoms with van der Waals surface area (Å²) in [7, 11) is 0. The first kappa shape index (κ1) is 59.9. The van der Waals surface area contributed by atoms with Crippen molar-refractivity contribution in [2.75, 3.05) is 0 Å². The Bertz CT molecular complexity index is 7780. The van der Waals surface area contributed by atoms with Crippen LogP contribution in [-0.4, -0.2) is 18.3 Å². The minimum absolute atomic E-state index is 0.687. The molecule has 0 saturated carbocycles. The Balaban J connectivity index is 0.678. The smallest absolute Gasteiger partial charge is 0.160 e. The third-order valence-electron chi connectivity index (χ3n) is 23.8. The Morgan fingerprint density at radius 3 is 1.23 bits per heavy atom. The lowest BCUT2D eigenvalue weighted by atomic mass is 9.67. The zero-order valence-electron chi connectivity index (χ0n) is 58.9. The predicted molar refractivity (Wildman–Crippen MR) is 452 cm³/mol. The molecule has 6 heterocycles. The monoisotopic (exact) mass is 1390 g/mol. The first-order valence-corrected chi connectivity index (χ1v) is 37.5. The maximum absolute atomic E-state index is 7.48. The fraction of sp³-hybridized carbons (Fsp3) is 0.00971. The molecule has 0 radical (unpaired) electrons. The molecule has 1 atom stereocenters. The van der Waals surface area contributed by atoms with Crippen LogP contribution in [-0.2, 0) is 5.41 Å². The molecule has 24 rings (SSSR count). The van der Waals surface area contributed by atoms with Gasteiger partial charge in [-0.2, -0.15) is 0 Å². The van der Waals surface area contributed by atoms with Crippen molar-refractivity contribution in [2.24, 2.45) is 0 Å². The largest absolute Gasteiger partial charge is 0.454 e. The Morgan fingerprint density at radius 1 is 0.193 bits per heavy atom. The van der Waals surface area contributed by atoms with E-state index in [2.05, 4.69) is 394 Å². The Morgan fingerprint density at radius 2 is 0.596 bits per heavy atom. The second-order valence-corrected chi connectivity index (χ2v) is 29.4. The number of hydrogen-bond acceptors (Lipinski definition) is 2. The zero-order valence-corrected chi connectivity index (χ0v) is 58.9. The van der Waals surface area contributed by atoms with Gasteiger partial charge in [0.05, 0.1) is 49.5 Å². The fourth-order valence-electron chi connectivity index (χ4n) is 19.1. The average molecular weight is 1390 g/mol. The fourth-order valence-corrected chi connectivity index (χ4v) is 19.1. The topological polar surface area (TPSA) is 46.0 Å². The number of hydrogen-bond donors (Lipinski definition) is 0. The van der Waals surface area contributed by atoms with Crippen molar-refractivity contribution in [1.29, 1.82) is 0 Å². The lowest BCUT2D eigenvalue weighted by Crippen LogP contribution is -2.28. The van der Waals surface area contributed by atoms with Gasteiger partial charge in [-0.15, -0.1) is 0 Å². The molecule has 23 aromatic rings. The summed E-state index contributed by atoms with van der Waals surface area (Å²) in [5, 5.41) is 13.8. The molecule has 6 aromatic heterocycles. The van der Waals surface area contributed by atoms with Crippen LogP contribution < -0.4 is 0 Å². The van der Waals surface area contributed by atoms with Gasteiger partial charge in [0.1, 0.15) is 11.2 Å². The number of nitrogens with zero attached hydrogens (tertiary/aromatic N) is 4. The molecule has 0 aliphatic heterocycles. The van der Waals surface area contributed by atoms with E-state index in [1.165, 1.54) is 71.4 Å². The summed E-state index contributed by atoms with van der Waals surface area (Å²) in [6, 6.07) is 139. The number of fused-ring (bicyclic) bond motifs is 23. The highest BCUT2D eigenvalue weighted by molar-refractivity contribution is 6.27. The van der Waals surface area contributed by atoms with Crippen LogP contribution in [0.2, 0.25) is 0 Å². The molecule has 0 spiro atoms. The molecule has 1 unspecified atom stereocenters. The molecule has 506 valence electrons. The van der Waals surface area contributed by atoms with Crippen molar-refractivity contribution in [3.8, 4) is 67.3 Å². The van der Waals surface area contributed by atoms with Gasteiger partial charge in [-0.05, 0) is 188 Å².